The highest BCUT2D eigenvalue weighted by atomic mass is 19.4. The van der Waals surface area contributed by atoms with Crippen LogP contribution in [0.5, 0.6) is 0 Å². The van der Waals surface area contributed by atoms with Crippen molar-refractivity contribution in [3.05, 3.63) is 0 Å². The van der Waals surface area contributed by atoms with Gasteiger partial charge in [0.15, 0.2) is 0 Å². The summed E-state index contributed by atoms with van der Waals surface area (Å²) in [6.45, 7) is 5.83. The molecule has 2 saturated heterocycles. The largest absolute Gasteiger partial charge is 0.444 e. The van der Waals surface area contributed by atoms with E-state index in [0.29, 0.717) is 25.9 Å². The Morgan fingerprint density at radius 2 is 1.81 bits per heavy atom. The van der Waals surface area contributed by atoms with Crippen molar-refractivity contribution < 1.29 is 27.4 Å². The molecule has 1 unspecified atom stereocenters. The summed E-state index contributed by atoms with van der Waals surface area (Å²) in [6, 6.07) is 0. The van der Waals surface area contributed by atoms with Crippen LogP contribution in [-0.2, 0) is 9.47 Å². The molecular weight excluding hydrogens is 287 g/mol. The topological polar surface area (TPSA) is 38.8 Å². The highest BCUT2D eigenvalue weighted by Gasteiger charge is 2.52. The van der Waals surface area contributed by atoms with Crippen molar-refractivity contribution in [3.8, 4) is 0 Å². The van der Waals surface area contributed by atoms with Gasteiger partial charge in [-0.3, -0.25) is 0 Å². The molecule has 0 bridgehead atoms. The Kier molecular flexibility index (Phi) is 4.17. The molecule has 2 rings (SSSR count). The Labute approximate surface area is 122 Å². The Morgan fingerprint density at radius 1 is 1.24 bits per heavy atom. The first kappa shape index (κ1) is 16.4. The zero-order valence-corrected chi connectivity index (χ0v) is 12.6. The molecule has 0 aromatic rings. The second kappa shape index (κ2) is 5.34. The number of rotatable bonds is 0. The molecule has 1 atom stereocenters. The zero-order chi connectivity index (χ0) is 15.9. The van der Waals surface area contributed by atoms with E-state index in [1.165, 1.54) is 0 Å². The van der Waals surface area contributed by atoms with Gasteiger partial charge in [0.1, 0.15) is 5.60 Å². The number of carbonyl (C=O) groups is 1. The highest BCUT2D eigenvalue weighted by molar-refractivity contribution is 5.68. The number of likely N-dealkylation sites (tertiary alicyclic amines) is 1. The summed E-state index contributed by atoms with van der Waals surface area (Å²) in [5, 5.41) is 0. The zero-order valence-electron chi connectivity index (χ0n) is 12.6. The summed E-state index contributed by atoms with van der Waals surface area (Å²) >= 11 is 0. The second-order valence-electron chi connectivity index (χ2n) is 6.90. The fourth-order valence-corrected chi connectivity index (χ4v) is 2.83. The lowest BCUT2D eigenvalue weighted by molar-refractivity contribution is -0.173. The molecule has 0 aromatic carbocycles. The maximum atomic E-state index is 12.7. The van der Waals surface area contributed by atoms with Crippen molar-refractivity contribution in [1.82, 2.24) is 4.90 Å². The average molecular weight is 309 g/mol. The number of hydrogen-bond donors (Lipinski definition) is 0. The Hall–Kier alpha value is -0.980. The summed E-state index contributed by atoms with van der Waals surface area (Å²) in [5.41, 5.74) is -1.30. The van der Waals surface area contributed by atoms with E-state index >= 15 is 0 Å². The van der Waals surface area contributed by atoms with Crippen LogP contribution in [0.15, 0.2) is 0 Å². The lowest BCUT2D eigenvalue weighted by Crippen LogP contribution is -2.48. The van der Waals surface area contributed by atoms with Gasteiger partial charge in [0, 0.05) is 13.1 Å². The first-order valence-electron chi connectivity index (χ1n) is 7.19. The predicted octanol–water partition coefficient (Wildman–Crippen LogP) is 3.35. The number of hydrogen-bond acceptors (Lipinski definition) is 3. The molecule has 2 heterocycles. The van der Waals surface area contributed by atoms with Crippen LogP contribution in [0.2, 0.25) is 0 Å². The fraction of sp³-hybridized carbons (Fsp3) is 0.929. The van der Waals surface area contributed by atoms with Gasteiger partial charge in [-0.25, -0.2) is 4.79 Å². The van der Waals surface area contributed by atoms with Gasteiger partial charge in [-0.15, -0.1) is 0 Å². The van der Waals surface area contributed by atoms with Crippen LogP contribution >= 0.6 is 0 Å². The molecule has 0 aliphatic carbocycles. The number of amides is 1. The van der Waals surface area contributed by atoms with Gasteiger partial charge >= 0.3 is 12.3 Å². The van der Waals surface area contributed by atoms with Crippen LogP contribution in [0.25, 0.3) is 0 Å². The Morgan fingerprint density at radius 3 is 2.24 bits per heavy atom. The van der Waals surface area contributed by atoms with Crippen LogP contribution in [0, 0.1) is 5.92 Å². The highest BCUT2D eigenvalue weighted by Crippen LogP contribution is 2.44. The predicted molar refractivity (Wildman–Crippen MR) is 69.9 cm³/mol. The minimum Gasteiger partial charge on any atom is -0.444 e. The molecule has 122 valence electrons. The van der Waals surface area contributed by atoms with Crippen LogP contribution in [0.1, 0.15) is 40.0 Å². The van der Waals surface area contributed by atoms with E-state index in [-0.39, 0.29) is 13.0 Å². The van der Waals surface area contributed by atoms with E-state index in [1.807, 2.05) is 0 Å². The van der Waals surface area contributed by atoms with E-state index in [0.717, 1.165) is 0 Å². The maximum absolute atomic E-state index is 12.7. The average Bonchev–Trinajstić information content (AvgIpc) is 2.72. The number of alkyl halides is 3. The van der Waals surface area contributed by atoms with E-state index in [2.05, 4.69) is 0 Å². The van der Waals surface area contributed by atoms with Gasteiger partial charge in [0.05, 0.1) is 18.1 Å². The molecular formula is C14H22F3NO3. The Bertz CT molecular complexity index is 395. The third-order valence-corrected chi connectivity index (χ3v) is 4.00. The van der Waals surface area contributed by atoms with E-state index in [4.69, 9.17) is 9.47 Å². The van der Waals surface area contributed by atoms with Gasteiger partial charge < -0.3 is 14.4 Å². The van der Waals surface area contributed by atoms with Crippen molar-refractivity contribution in [3.63, 3.8) is 0 Å². The molecule has 7 heteroatoms. The van der Waals surface area contributed by atoms with Crippen molar-refractivity contribution >= 4 is 6.09 Å². The molecule has 0 aromatic heterocycles. The minimum atomic E-state index is -4.20. The summed E-state index contributed by atoms with van der Waals surface area (Å²) in [6.07, 6.45) is -3.76. The maximum Gasteiger partial charge on any atom is 0.410 e. The number of piperidine rings is 1. The lowest BCUT2D eigenvalue weighted by atomic mass is 9.85. The van der Waals surface area contributed by atoms with Gasteiger partial charge in [-0.05, 0) is 40.0 Å². The molecule has 0 saturated carbocycles. The molecule has 4 nitrogen and oxygen atoms in total. The molecule has 2 aliphatic rings. The quantitative estimate of drug-likeness (QED) is 0.689. The van der Waals surface area contributed by atoms with Crippen molar-refractivity contribution in [2.24, 2.45) is 5.92 Å². The third-order valence-electron chi connectivity index (χ3n) is 4.00. The number of ether oxygens (including phenoxy) is 2. The molecule has 2 aliphatic heterocycles. The third kappa shape index (κ3) is 4.02. The molecule has 2 fully saturated rings. The molecule has 1 amide bonds. The Balaban J connectivity index is 1.88. The number of nitrogens with zero attached hydrogens (tertiary/aromatic N) is 1. The SMILES string of the molecule is CC(C)(C)OC(=O)N1CCC2(CC1)CC(C(F)(F)F)CO2. The summed E-state index contributed by atoms with van der Waals surface area (Å²) in [7, 11) is 0. The van der Waals surface area contributed by atoms with Crippen LogP contribution in [0.4, 0.5) is 18.0 Å². The van der Waals surface area contributed by atoms with E-state index in [9.17, 15) is 18.0 Å². The van der Waals surface area contributed by atoms with Crippen LogP contribution < -0.4 is 0 Å². The van der Waals surface area contributed by atoms with Crippen molar-refractivity contribution in [2.45, 2.75) is 57.4 Å². The normalized spacial score (nSPS) is 26.2. The van der Waals surface area contributed by atoms with Crippen LogP contribution in [-0.4, -0.2) is 48.1 Å². The monoisotopic (exact) mass is 309 g/mol. The van der Waals surface area contributed by atoms with Crippen LogP contribution in [0.3, 0.4) is 0 Å². The van der Waals surface area contributed by atoms with E-state index in [1.54, 1.807) is 25.7 Å². The van der Waals surface area contributed by atoms with Gasteiger partial charge in [-0.1, -0.05) is 0 Å². The number of halogens is 3. The smallest absolute Gasteiger partial charge is 0.410 e. The lowest BCUT2D eigenvalue weighted by Gasteiger charge is -2.39. The molecule has 1 spiro atoms. The standard InChI is InChI=1S/C14H22F3NO3/c1-12(2,3)21-11(19)18-6-4-13(5-7-18)8-10(9-20-13)14(15,16)17/h10H,4-9H2,1-3H3. The molecule has 21 heavy (non-hydrogen) atoms. The summed E-state index contributed by atoms with van der Waals surface area (Å²) in [5.74, 6) is -1.38. The molecule has 0 N–H and O–H groups in total. The minimum absolute atomic E-state index is 0.00133. The van der Waals surface area contributed by atoms with E-state index < -0.39 is 29.4 Å². The van der Waals surface area contributed by atoms with Gasteiger partial charge in [-0.2, -0.15) is 13.2 Å². The molecule has 0 radical (unpaired) electrons. The fourth-order valence-electron chi connectivity index (χ4n) is 2.83. The van der Waals surface area contributed by atoms with Crippen molar-refractivity contribution in [1.29, 1.82) is 0 Å². The van der Waals surface area contributed by atoms with Gasteiger partial charge in [0.25, 0.3) is 0 Å². The number of carbonyl (C=O) groups excluding carboxylic acids is 1. The van der Waals surface area contributed by atoms with Crippen molar-refractivity contribution in [2.75, 3.05) is 19.7 Å². The first-order valence-corrected chi connectivity index (χ1v) is 7.19. The first-order chi connectivity index (χ1) is 9.51. The van der Waals surface area contributed by atoms with Gasteiger partial charge in [0.2, 0.25) is 0 Å². The summed E-state index contributed by atoms with van der Waals surface area (Å²) < 4.78 is 48.9. The second-order valence-corrected chi connectivity index (χ2v) is 6.90. The summed E-state index contributed by atoms with van der Waals surface area (Å²) in [4.78, 5) is 13.5.